The molecule has 2 fully saturated rings. The van der Waals surface area contributed by atoms with Crippen molar-refractivity contribution in [2.75, 3.05) is 13.7 Å². The van der Waals surface area contributed by atoms with Crippen LogP contribution in [0.15, 0.2) is 0 Å². The van der Waals surface area contributed by atoms with Crippen molar-refractivity contribution in [2.45, 2.75) is 44.8 Å². The number of aliphatic hydroxyl groups is 2. The third kappa shape index (κ3) is 6.12. The molecule has 0 spiro atoms. The molecule has 2 rings (SSSR count). The Morgan fingerprint density at radius 2 is 1.90 bits per heavy atom. The number of hydrogen-bond donors (Lipinski definition) is 2. The van der Waals surface area contributed by atoms with Gasteiger partial charge in [0.2, 0.25) is 0 Å². The van der Waals surface area contributed by atoms with E-state index >= 15 is 0 Å². The maximum atomic E-state index is 10.9. The summed E-state index contributed by atoms with van der Waals surface area (Å²) in [5.41, 5.74) is -1.17. The lowest BCUT2D eigenvalue weighted by Gasteiger charge is -2.33. The van der Waals surface area contributed by atoms with E-state index in [2.05, 4.69) is 4.74 Å². The molecule has 7 heteroatoms. The van der Waals surface area contributed by atoms with Crippen LogP contribution in [0.2, 0.25) is 0 Å². The van der Waals surface area contributed by atoms with Crippen LogP contribution in [0.4, 0.5) is 0 Å². The van der Waals surface area contributed by atoms with Crippen LogP contribution in [0.3, 0.4) is 0 Å². The lowest BCUT2D eigenvalue weighted by atomic mass is 9.88. The van der Waals surface area contributed by atoms with Crippen LogP contribution in [0.5, 0.6) is 0 Å². The van der Waals surface area contributed by atoms with Gasteiger partial charge in [-0.15, -0.1) is 0 Å². The summed E-state index contributed by atoms with van der Waals surface area (Å²) in [7, 11) is 1.00. The summed E-state index contributed by atoms with van der Waals surface area (Å²) in [5.74, 6) is -0.321. The molecule has 0 amide bonds. The molecular weight excluding hydrogens is 268 g/mol. The molecule has 0 aliphatic carbocycles. The van der Waals surface area contributed by atoms with E-state index in [0.29, 0.717) is 19.3 Å². The zero-order chi connectivity index (χ0) is 15.8. The second-order valence-electron chi connectivity index (χ2n) is 4.81. The Morgan fingerprint density at radius 1 is 1.35 bits per heavy atom. The molecule has 0 aromatic heterocycles. The number of ether oxygens (including phenoxy) is 2. The Morgan fingerprint density at radius 3 is 2.20 bits per heavy atom. The number of aliphatic hydroxyl groups excluding tert-OH is 1. The number of cyclic esters (lactones) is 2. The summed E-state index contributed by atoms with van der Waals surface area (Å²) in [6.07, 6.45) is 0.613. The predicted molar refractivity (Wildman–Crippen MR) is 68.7 cm³/mol. The van der Waals surface area contributed by atoms with Crippen LogP contribution < -0.4 is 0 Å². The van der Waals surface area contributed by atoms with Gasteiger partial charge in [0.15, 0.2) is 0 Å². The minimum absolute atomic E-state index is 0.00639. The molecular formula is C13H22O7. The number of esters is 2. The lowest BCUT2D eigenvalue weighted by Crippen LogP contribution is -2.42. The summed E-state index contributed by atoms with van der Waals surface area (Å²) < 4.78 is 9.22. The molecule has 3 atom stereocenters. The zero-order valence-corrected chi connectivity index (χ0v) is 12.0. The van der Waals surface area contributed by atoms with Crippen molar-refractivity contribution in [1.29, 1.82) is 0 Å². The fourth-order valence-corrected chi connectivity index (χ4v) is 1.81. The fraction of sp³-hybridized carbons (Fsp3) is 0.769. The van der Waals surface area contributed by atoms with Gasteiger partial charge in [-0.25, -0.2) is 0 Å². The monoisotopic (exact) mass is 290 g/mol. The van der Waals surface area contributed by atoms with Crippen molar-refractivity contribution >= 4 is 18.2 Å². The highest BCUT2D eigenvalue weighted by Gasteiger charge is 2.37. The minimum Gasteiger partial charge on any atom is -0.464 e. The van der Waals surface area contributed by atoms with Gasteiger partial charge < -0.3 is 24.5 Å². The van der Waals surface area contributed by atoms with E-state index in [9.17, 15) is 19.5 Å². The summed E-state index contributed by atoms with van der Waals surface area (Å²) in [6, 6.07) is 0. The number of carbonyl (C=O) groups excluding carboxylic acids is 3. The van der Waals surface area contributed by atoms with E-state index in [0.717, 1.165) is 7.11 Å². The van der Waals surface area contributed by atoms with Gasteiger partial charge in [0.1, 0.15) is 19.0 Å². The largest absolute Gasteiger partial charge is 0.464 e. The van der Waals surface area contributed by atoms with Gasteiger partial charge in [-0.3, -0.25) is 9.59 Å². The molecule has 2 aliphatic rings. The molecule has 0 aromatic carbocycles. The summed E-state index contributed by atoms with van der Waals surface area (Å²) >= 11 is 0. The van der Waals surface area contributed by atoms with E-state index in [1.54, 1.807) is 6.92 Å². The molecule has 2 saturated heterocycles. The number of hydrogen-bond acceptors (Lipinski definition) is 7. The molecule has 0 radical (unpaired) electrons. The third-order valence-corrected chi connectivity index (χ3v) is 2.81. The molecule has 2 N–H and O–H groups in total. The average Bonchev–Trinajstić information content (AvgIpc) is 2.38. The molecule has 3 unspecified atom stereocenters. The fourth-order valence-electron chi connectivity index (χ4n) is 1.81. The Balaban J connectivity index is 0.000000377. The quantitative estimate of drug-likeness (QED) is 0.536. The van der Waals surface area contributed by atoms with E-state index in [-0.39, 0.29) is 30.8 Å². The van der Waals surface area contributed by atoms with Crippen molar-refractivity contribution in [3.05, 3.63) is 0 Å². The van der Waals surface area contributed by atoms with Crippen LogP contribution in [0.1, 0.15) is 33.1 Å². The average molecular weight is 290 g/mol. The lowest BCUT2D eigenvalue weighted by molar-refractivity contribution is -0.169. The Labute approximate surface area is 117 Å². The molecule has 0 saturated carbocycles. The molecule has 0 aromatic rings. The van der Waals surface area contributed by atoms with Gasteiger partial charge in [-0.1, -0.05) is 0 Å². The standard InChI is InChI=1S/C8H12O4.C4H6O2.CH4O/c1-6-4-8(11,2-3-9)5-7(10)12-6;1-3-2-6-4(3)5;1-2/h3,6,11H,2,4-5H2,1H3;3H,2H2,1H3;2H,1H3. The number of aldehydes is 1. The van der Waals surface area contributed by atoms with Gasteiger partial charge in [0.25, 0.3) is 0 Å². The van der Waals surface area contributed by atoms with Crippen molar-refractivity contribution in [3.63, 3.8) is 0 Å². The van der Waals surface area contributed by atoms with Gasteiger partial charge in [-0.05, 0) is 13.8 Å². The van der Waals surface area contributed by atoms with E-state index in [4.69, 9.17) is 9.84 Å². The van der Waals surface area contributed by atoms with Crippen LogP contribution in [-0.4, -0.2) is 53.9 Å². The van der Waals surface area contributed by atoms with Gasteiger partial charge in [0, 0.05) is 20.0 Å². The topological polar surface area (TPSA) is 110 Å². The third-order valence-electron chi connectivity index (χ3n) is 2.81. The maximum absolute atomic E-state index is 10.9. The molecule has 116 valence electrons. The van der Waals surface area contributed by atoms with Gasteiger partial charge in [0.05, 0.1) is 17.9 Å². The van der Waals surface area contributed by atoms with Crippen LogP contribution in [-0.2, 0) is 23.9 Å². The normalized spacial score (nSPS) is 31.2. The molecule has 20 heavy (non-hydrogen) atoms. The van der Waals surface area contributed by atoms with Crippen LogP contribution >= 0.6 is 0 Å². The molecule has 0 bridgehead atoms. The highest BCUT2D eigenvalue weighted by atomic mass is 16.6. The van der Waals surface area contributed by atoms with Crippen LogP contribution in [0.25, 0.3) is 0 Å². The highest BCUT2D eigenvalue weighted by molar-refractivity contribution is 5.76. The van der Waals surface area contributed by atoms with E-state index < -0.39 is 11.6 Å². The second-order valence-corrected chi connectivity index (χ2v) is 4.81. The van der Waals surface area contributed by atoms with Gasteiger partial charge in [-0.2, -0.15) is 0 Å². The van der Waals surface area contributed by atoms with Crippen LogP contribution in [0, 0.1) is 5.92 Å². The highest BCUT2D eigenvalue weighted by Crippen LogP contribution is 2.27. The first kappa shape index (κ1) is 18.5. The predicted octanol–water partition coefficient (Wildman–Crippen LogP) is -0.180. The first-order chi connectivity index (χ1) is 9.36. The Bertz CT molecular complexity index is 342. The molecule has 2 aliphatic heterocycles. The Kier molecular flexibility index (Phi) is 8.02. The summed E-state index contributed by atoms with van der Waals surface area (Å²) in [6.45, 7) is 4.18. The van der Waals surface area contributed by atoms with Crippen molar-refractivity contribution < 1.29 is 34.1 Å². The SMILES string of the molecule is CC1CC(O)(CC=O)CC(=O)O1.CC1COC1=O.CO. The summed E-state index contributed by atoms with van der Waals surface area (Å²) in [4.78, 5) is 31.1. The Hall–Kier alpha value is -1.47. The van der Waals surface area contributed by atoms with Crippen molar-refractivity contribution in [1.82, 2.24) is 0 Å². The maximum Gasteiger partial charge on any atom is 0.312 e. The number of rotatable bonds is 2. The smallest absolute Gasteiger partial charge is 0.312 e. The number of carbonyl (C=O) groups is 3. The summed E-state index contributed by atoms with van der Waals surface area (Å²) in [5, 5.41) is 16.7. The van der Waals surface area contributed by atoms with Crippen molar-refractivity contribution in [2.24, 2.45) is 5.92 Å². The van der Waals surface area contributed by atoms with Crippen molar-refractivity contribution in [3.8, 4) is 0 Å². The second kappa shape index (κ2) is 8.65. The molecule has 7 nitrogen and oxygen atoms in total. The first-order valence-electron chi connectivity index (χ1n) is 6.33. The minimum atomic E-state index is -1.17. The van der Waals surface area contributed by atoms with E-state index in [1.807, 2.05) is 6.92 Å². The van der Waals surface area contributed by atoms with E-state index in [1.165, 1.54) is 0 Å². The molecule has 2 heterocycles. The first-order valence-corrected chi connectivity index (χ1v) is 6.33. The van der Waals surface area contributed by atoms with Gasteiger partial charge >= 0.3 is 11.9 Å². The zero-order valence-electron chi connectivity index (χ0n) is 12.0.